The molecule has 4 rings (SSSR count). The normalized spacial score (nSPS) is 10.3. The number of hydrogen-bond donors (Lipinski definition) is 1. The Kier molecular flexibility index (Phi) is 4.47. The summed E-state index contributed by atoms with van der Waals surface area (Å²) < 4.78 is 5.78. The number of aryl methyl sites for hydroxylation is 1. The molecule has 0 fully saturated rings. The summed E-state index contributed by atoms with van der Waals surface area (Å²) in [6, 6.07) is 24.6. The molecule has 0 aliphatic carbocycles. The first kappa shape index (κ1) is 16.7. The Hall–Kier alpha value is -3.77. The lowest BCUT2D eigenvalue weighted by molar-refractivity contribution is 0.482. The Morgan fingerprint density at radius 2 is 1.44 bits per heavy atom. The lowest BCUT2D eigenvalue weighted by Gasteiger charge is -2.05. The highest BCUT2D eigenvalue weighted by Gasteiger charge is 2.06. The maximum absolute atomic E-state index is 12.7. The number of nitrogens with one attached hydrogen (secondary N) is 1. The molecule has 0 aliphatic heterocycles. The van der Waals surface area contributed by atoms with Crippen LogP contribution in [0.25, 0.3) is 10.9 Å². The van der Waals surface area contributed by atoms with Crippen LogP contribution in [0.3, 0.4) is 0 Å². The quantitative estimate of drug-likeness (QED) is 0.515. The number of aromatic nitrogens is 1. The lowest BCUT2D eigenvalue weighted by Crippen LogP contribution is -2.10. The van der Waals surface area contributed by atoms with Crippen LogP contribution in [0.2, 0.25) is 0 Å². The second kappa shape index (κ2) is 7.23. The third kappa shape index (κ3) is 3.61. The van der Waals surface area contributed by atoms with Gasteiger partial charge in [0.25, 0.3) is 0 Å². The molecule has 3 heteroatoms. The Morgan fingerprint density at radius 3 is 2.22 bits per heavy atom. The van der Waals surface area contributed by atoms with E-state index in [0.717, 1.165) is 28.3 Å². The van der Waals surface area contributed by atoms with E-state index in [1.165, 1.54) is 0 Å². The Morgan fingerprint density at radius 1 is 0.778 bits per heavy atom. The van der Waals surface area contributed by atoms with E-state index in [1.54, 1.807) is 0 Å². The maximum Gasteiger partial charge on any atom is 0.205 e. The highest BCUT2D eigenvalue weighted by atomic mass is 16.5. The van der Waals surface area contributed by atoms with E-state index in [0.29, 0.717) is 10.9 Å². The summed E-state index contributed by atoms with van der Waals surface area (Å²) in [5, 5.41) is 0.652. The molecule has 0 saturated heterocycles. The van der Waals surface area contributed by atoms with Crippen LogP contribution in [0.4, 0.5) is 0 Å². The average Bonchev–Trinajstić information content (AvgIpc) is 2.70. The van der Waals surface area contributed by atoms with Gasteiger partial charge in [0.1, 0.15) is 11.5 Å². The molecular formula is C24H17NO2. The van der Waals surface area contributed by atoms with Gasteiger partial charge in [-0.3, -0.25) is 4.79 Å². The molecule has 1 aromatic heterocycles. The van der Waals surface area contributed by atoms with Crippen LogP contribution in [0.15, 0.2) is 83.7 Å². The molecule has 0 radical (unpaired) electrons. The van der Waals surface area contributed by atoms with Gasteiger partial charge in [0, 0.05) is 22.2 Å². The Bertz CT molecular complexity index is 1210. The van der Waals surface area contributed by atoms with Gasteiger partial charge in [-0.05, 0) is 55.5 Å². The lowest BCUT2D eigenvalue weighted by atomic mass is 10.1. The number of ether oxygens (including phenoxy) is 1. The molecule has 3 nitrogen and oxygen atoms in total. The first-order chi connectivity index (χ1) is 13.2. The maximum atomic E-state index is 12.7. The minimum atomic E-state index is -0.0432. The molecule has 130 valence electrons. The van der Waals surface area contributed by atoms with Crippen LogP contribution in [-0.2, 0) is 0 Å². The fraction of sp³-hybridized carbons (Fsp3) is 0.0417. The Balaban J connectivity index is 1.61. The van der Waals surface area contributed by atoms with Gasteiger partial charge in [-0.1, -0.05) is 42.2 Å². The van der Waals surface area contributed by atoms with E-state index >= 15 is 0 Å². The molecule has 4 aromatic rings. The van der Waals surface area contributed by atoms with E-state index in [-0.39, 0.29) is 5.43 Å². The highest BCUT2D eigenvalue weighted by Crippen LogP contribution is 2.21. The number of aromatic amines is 1. The molecule has 0 amide bonds. The summed E-state index contributed by atoms with van der Waals surface area (Å²) in [7, 11) is 0. The number of H-pyrrole nitrogens is 1. The van der Waals surface area contributed by atoms with Crippen molar-refractivity contribution < 1.29 is 4.74 Å². The molecule has 0 aliphatic rings. The van der Waals surface area contributed by atoms with Crippen molar-refractivity contribution in [3.8, 4) is 23.3 Å². The topological polar surface area (TPSA) is 42.1 Å². The van der Waals surface area contributed by atoms with E-state index in [2.05, 4.69) is 16.8 Å². The van der Waals surface area contributed by atoms with Crippen LogP contribution in [0.1, 0.15) is 16.8 Å². The molecule has 0 atom stereocenters. The fourth-order valence-corrected chi connectivity index (χ4v) is 2.88. The number of pyridine rings is 1. The minimum Gasteiger partial charge on any atom is -0.457 e. The van der Waals surface area contributed by atoms with Gasteiger partial charge in [-0.15, -0.1) is 0 Å². The predicted octanol–water partition coefficient (Wildman–Crippen LogP) is 5.03. The average molecular weight is 351 g/mol. The van der Waals surface area contributed by atoms with Gasteiger partial charge in [0.15, 0.2) is 0 Å². The zero-order chi connectivity index (χ0) is 18.6. The SMILES string of the molecule is Cc1[nH]c2ccccc2c(=O)c1C#Cc1ccc(Oc2ccccc2)cc1. The van der Waals surface area contributed by atoms with Crippen LogP contribution >= 0.6 is 0 Å². The monoisotopic (exact) mass is 351 g/mol. The molecule has 1 heterocycles. The molecule has 0 saturated carbocycles. The smallest absolute Gasteiger partial charge is 0.205 e. The summed E-state index contributed by atoms with van der Waals surface area (Å²) in [5.41, 5.74) is 2.88. The molecule has 3 aromatic carbocycles. The van der Waals surface area contributed by atoms with Crippen molar-refractivity contribution in [3.05, 3.63) is 106 Å². The Labute approximate surface area is 157 Å². The van der Waals surface area contributed by atoms with Crippen LogP contribution in [0.5, 0.6) is 11.5 Å². The van der Waals surface area contributed by atoms with Crippen molar-refractivity contribution in [2.24, 2.45) is 0 Å². The van der Waals surface area contributed by atoms with Crippen molar-refractivity contribution in [1.82, 2.24) is 4.98 Å². The zero-order valence-electron chi connectivity index (χ0n) is 14.8. The van der Waals surface area contributed by atoms with Crippen molar-refractivity contribution in [2.75, 3.05) is 0 Å². The van der Waals surface area contributed by atoms with E-state index in [1.807, 2.05) is 85.8 Å². The van der Waals surface area contributed by atoms with Crippen molar-refractivity contribution in [3.63, 3.8) is 0 Å². The van der Waals surface area contributed by atoms with Crippen LogP contribution in [-0.4, -0.2) is 4.98 Å². The number of rotatable bonds is 2. The summed E-state index contributed by atoms with van der Waals surface area (Å²) >= 11 is 0. The zero-order valence-corrected chi connectivity index (χ0v) is 14.8. The third-order valence-electron chi connectivity index (χ3n) is 4.26. The number of para-hydroxylation sites is 2. The van der Waals surface area contributed by atoms with E-state index in [4.69, 9.17) is 4.74 Å². The largest absolute Gasteiger partial charge is 0.457 e. The first-order valence-electron chi connectivity index (χ1n) is 8.67. The summed E-state index contributed by atoms with van der Waals surface area (Å²) in [5.74, 6) is 7.63. The number of hydrogen-bond acceptors (Lipinski definition) is 2. The van der Waals surface area contributed by atoms with Crippen LogP contribution in [0, 0.1) is 18.8 Å². The second-order valence-corrected chi connectivity index (χ2v) is 6.19. The van der Waals surface area contributed by atoms with Crippen molar-refractivity contribution >= 4 is 10.9 Å². The van der Waals surface area contributed by atoms with E-state index in [9.17, 15) is 4.79 Å². The molecule has 1 N–H and O–H groups in total. The van der Waals surface area contributed by atoms with Gasteiger partial charge < -0.3 is 9.72 Å². The predicted molar refractivity (Wildman–Crippen MR) is 108 cm³/mol. The van der Waals surface area contributed by atoms with Crippen molar-refractivity contribution in [1.29, 1.82) is 0 Å². The third-order valence-corrected chi connectivity index (χ3v) is 4.26. The van der Waals surface area contributed by atoms with Gasteiger partial charge in [0.05, 0.1) is 5.56 Å². The van der Waals surface area contributed by atoms with E-state index < -0.39 is 0 Å². The first-order valence-corrected chi connectivity index (χ1v) is 8.67. The minimum absolute atomic E-state index is 0.0432. The molecule has 27 heavy (non-hydrogen) atoms. The number of benzene rings is 3. The standard InChI is InChI=1S/C24H17NO2/c1-17-21(24(26)22-9-5-6-10-23(22)25-17)16-13-18-11-14-20(15-12-18)27-19-7-3-2-4-8-19/h2-12,14-15H,1H3,(H,25,26). The molecule has 0 unspecified atom stereocenters. The van der Waals surface area contributed by atoms with Gasteiger partial charge in [-0.2, -0.15) is 0 Å². The highest BCUT2D eigenvalue weighted by molar-refractivity contribution is 5.80. The fourth-order valence-electron chi connectivity index (χ4n) is 2.88. The van der Waals surface area contributed by atoms with Gasteiger partial charge in [0.2, 0.25) is 5.43 Å². The summed E-state index contributed by atoms with van der Waals surface area (Å²) in [4.78, 5) is 15.9. The molecular weight excluding hydrogens is 334 g/mol. The van der Waals surface area contributed by atoms with Gasteiger partial charge >= 0.3 is 0 Å². The summed E-state index contributed by atoms with van der Waals surface area (Å²) in [6.07, 6.45) is 0. The molecule has 0 bridgehead atoms. The number of fused-ring (bicyclic) bond motifs is 1. The van der Waals surface area contributed by atoms with Crippen molar-refractivity contribution in [2.45, 2.75) is 6.92 Å². The van der Waals surface area contributed by atoms with Crippen LogP contribution < -0.4 is 10.2 Å². The molecule has 0 spiro atoms. The summed E-state index contributed by atoms with van der Waals surface area (Å²) in [6.45, 7) is 1.87. The van der Waals surface area contributed by atoms with Gasteiger partial charge in [-0.25, -0.2) is 0 Å². The second-order valence-electron chi connectivity index (χ2n) is 6.19.